The maximum Gasteiger partial charge on any atom is 0.337 e. The van der Waals surface area contributed by atoms with E-state index in [9.17, 15) is 23.5 Å². The molecule has 1 aliphatic rings. The number of carboxylic acid groups (broad SMARTS) is 1. The lowest BCUT2D eigenvalue weighted by molar-refractivity contribution is -0.0126. The smallest absolute Gasteiger partial charge is 0.337 e. The lowest BCUT2D eigenvalue weighted by Crippen LogP contribution is -2.43. The van der Waals surface area contributed by atoms with Gasteiger partial charge in [0.25, 0.3) is 5.92 Å². The molecule has 33 heavy (non-hydrogen) atoms. The van der Waals surface area contributed by atoms with Crippen LogP contribution in [0.1, 0.15) is 52.9 Å². The Morgan fingerprint density at radius 3 is 2.67 bits per heavy atom. The largest absolute Gasteiger partial charge is 0.478 e. The van der Waals surface area contributed by atoms with Gasteiger partial charge in [-0.1, -0.05) is 18.2 Å². The number of alkyl halides is 2. The van der Waals surface area contributed by atoms with Crippen molar-refractivity contribution in [3.05, 3.63) is 68.9 Å². The maximum atomic E-state index is 14.1. The molecule has 2 aromatic carbocycles. The molecule has 4 rings (SSSR count). The van der Waals surface area contributed by atoms with Gasteiger partial charge in [-0.25, -0.2) is 13.6 Å². The van der Waals surface area contributed by atoms with Gasteiger partial charge in [0.05, 0.1) is 29.1 Å². The number of rotatable bonds is 5. The highest BCUT2D eigenvalue weighted by atomic mass is 19.3. The molecular formula is C25H26F2N2O4. The topological polar surface area (TPSA) is 82.8 Å². The minimum atomic E-state index is -2.84. The van der Waals surface area contributed by atoms with Crippen LogP contribution < -0.4 is 15.6 Å². The van der Waals surface area contributed by atoms with Crippen molar-refractivity contribution in [1.29, 1.82) is 0 Å². The summed E-state index contributed by atoms with van der Waals surface area (Å²) in [7, 11) is 0. The standard InChI is InChI=1S/C25H26F2N2O4/c1-14-11-18(16(3)28-20-8-5-4-7-17(20)24(31)32)22-19(12-14)21(30)15(2)23(33-22)29-10-6-9-25(26,27)13-29/h4-5,7-8,11-12,16,28H,6,9-10,13H2,1-3H3,(H,31,32). The van der Waals surface area contributed by atoms with Gasteiger partial charge < -0.3 is 19.7 Å². The molecule has 1 aromatic heterocycles. The Balaban J connectivity index is 1.83. The van der Waals surface area contributed by atoms with E-state index in [1.54, 1.807) is 31.2 Å². The molecule has 1 fully saturated rings. The van der Waals surface area contributed by atoms with E-state index in [0.29, 0.717) is 40.7 Å². The van der Waals surface area contributed by atoms with Crippen LogP contribution in [0.4, 0.5) is 20.4 Å². The van der Waals surface area contributed by atoms with Gasteiger partial charge in [-0.2, -0.15) is 0 Å². The number of fused-ring (bicyclic) bond motifs is 1. The van der Waals surface area contributed by atoms with E-state index in [0.717, 1.165) is 5.56 Å². The summed E-state index contributed by atoms with van der Waals surface area (Å²) in [5.74, 6) is -3.74. The number of aryl methyl sites for hydroxylation is 1. The van der Waals surface area contributed by atoms with Crippen molar-refractivity contribution in [2.75, 3.05) is 23.3 Å². The van der Waals surface area contributed by atoms with Crippen molar-refractivity contribution in [3.8, 4) is 0 Å². The number of aromatic carboxylic acids is 1. The van der Waals surface area contributed by atoms with Gasteiger partial charge >= 0.3 is 5.97 Å². The fourth-order valence-corrected chi connectivity index (χ4v) is 4.43. The Kier molecular flexibility index (Phi) is 5.86. The van der Waals surface area contributed by atoms with Crippen molar-refractivity contribution in [2.45, 2.75) is 45.6 Å². The van der Waals surface area contributed by atoms with E-state index in [4.69, 9.17) is 4.42 Å². The van der Waals surface area contributed by atoms with Gasteiger partial charge in [-0.05, 0) is 51.0 Å². The second-order valence-electron chi connectivity index (χ2n) is 8.69. The lowest BCUT2D eigenvalue weighted by atomic mass is 9.99. The predicted molar refractivity (Wildman–Crippen MR) is 124 cm³/mol. The van der Waals surface area contributed by atoms with E-state index in [-0.39, 0.29) is 23.3 Å². The van der Waals surface area contributed by atoms with Crippen molar-refractivity contribution in [3.63, 3.8) is 0 Å². The molecule has 0 radical (unpaired) electrons. The Bertz CT molecular complexity index is 1290. The number of nitrogens with zero attached hydrogens (tertiary/aromatic N) is 1. The normalized spacial score (nSPS) is 16.6. The number of benzene rings is 2. The SMILES string of the molecule is Cc1cc(C(C)Nc2ccccc2C(=O)O)c2oc(N3CCCC(F)(F)C3)c(C)c(=O)c2c1. The molecule has 0 bridgehead atoms. The highest BCUT2D eigenvalue weighted by Crippen LogP contribution is 2.35. The average Bonchev–Trinajstić information content (AvgIpc) is 2.75. The first kappa shape index (κ1) is 22.8. The molecule has 2 heterocycles. The number of halogens is 2. The van der Waals surface area contributed by atoms with Crippen LogP contribution in [0, 0.1) is 13.8 Å². The first-order valence-corrected chi connectivity index (χ1v) is 10.9. The van der Waals surface area contributed by atoms with E-state index in [2.05, 4.69) is 5.32 Å². The molecule has 0 saturated carbocycles. The molecule has 2 N–H and O–H groups in total. The van der Waals surface area contributed by atoms with Crippen LogP contribution in [-0.2, 0) is 0 Å². The first-order valence-electron chi connectivity index (χ1n) is 10.9. The molecule has 1 unspecified atom stereocenters. The Morgan fingerprint density at radius 1 is 1.24 bits per heavy atom. The molecule has 174 valence electrons. The van der Waals surface area contributed by atoms with Crippen LogP contribution in [0.25, 0.3) is 11.0 Å². The van der Waals surface area contributed by atoms with E-state index >= 15 is 0 Å². The van der Waals surface area contributed by atoms with Crippen molar-refractivity contribution >= 4 is 28.5 Å². The highest BCUT2D eigenvalue weighted by molar-refractivity contribution is 5.94. The monoisotopic (exact) mass is 456 g/mol. The van der Waals surface area contributed by atoms with E-state index in [1.165, 1.54) is 11.0 Å². The van der Waals surface area contributed by atoms with Crippen LogP contribution in [-0.4, -0.2) is 30.1 Å². The molecule has 1 saturated heterocycles. The minimum absolute atomic E-state index is 0.120. The third kappa shape index (κ3) is 4.42. The third-order valence-electron chi connectivity index (χ3n) is 6.04. The minimum Gasteiger partial charge on any atom is -0.478 e. The Labute approximate surface area is 189 Å². The third-order valence-corrected chi connectivity index (χ3v) is 6.04. The van der Waals surface area contributed by atoms with Gasteiger partial charge in [-0.3, -0.25) is 4.79 Å². The Morgan fingerprint density at radius 2 is 1.97 bits per heavy atom. The van der Waals surface area contributed by atoms with Crippen molar-refractivity contribution in [2.24, 2.45) is 0 Å². The van der Waals surface area contributed by atoms with E-state index in [1.807, 2.05) is 19.9 Å². The average molecular weight is 456 g/mol. The predicted octanol–water partition coefficient (Wildman–Crippen LogP) is 5.52. The van der Waals surface area contributed by atoms with Crippen molar-refractivity contribution < 1.29 is 23.1 Å². The number of hydrogen-bond donors (Lipinski definition) is 2. The second-order valence-corrected chi connectivity index (χ2v) is 8.69. The summed E-state index contributed by atoms with van der Waals surface area (Å²) in [4.78, 5) is 26.2. The summed E-state index contributed by atoms with van der Waals surface area (Å²) in [5.41, 5.74) is 2.38. The summed E-state index contributed by atoms with van der Waals surface area (Å²) in [6.07, 6.45) is 0.119. The van der Waals surface area contributed by atoms with Gasteiger partial charge in [0, 0.05) is 24.2 Å². The molecule has 3 aromatic rings. The number of carboxylic acids is 1. The quantitative estimate of drug-likeness (QED) is 0.526. The fourth-order valence-electron chi connectivity index (χ4n) is 4.43. The van der Waals surface area contributed by atoms with Gasteiger partial charge in [0.15, 0.2) is 5.43 Å². The number of para-hydroxylation sites is 1. The van der Waals surface area contributed by atoms with Gasteiger partial charge in [0.2, 0.25) is 5.88 Å². The second kappa shape index (κ2) is 8.50. The van der Waals surface area contributed by atoms with E-state index < -0.39 is 24.5 Å². The number of anilines is 2. The van der Waals surface area contributed by atoms with Crippen LogP contribution in [0.3, 0.4) is 0 Å². The molecular weight excluding hydrogens is 430 g/mol. The van der Waals surface area contributed by atoms with Gasteiger partial charge in [0.1, 0.15) is 5.58 Å². The summed E-state index contributed by atoms with van der Waals surface area (Å²) < 4.78 is 34.3. The summed E-state index contributed by atoms with van der Waals surface area (Å²) in [6, 6.07) is 9.70. The molecule has 1 atom stereocenters. The van der Waals surface area contributed by atoms with Gasteiger partial charge in [-0.15, -0.1) is 0 Å². The number of piperidine rings is 1. The Hall–Kier alpha value is -3.42. The van der Waals surface area contributed by atoms with Crippen LogP contribution in [0.5, 0.6) is 0 Å². The lowest BCUT2D eigenvalue weighted by Gasteiger charge is -2.33. The summed E-state index contributed by atoms with van der Waals surface area (Å²) in [5, 5.41) is 13.1. The molecule has 8 heteroatoms. The molecule has 0 amide bonds. The zero-order valence-corrected chi connectivity index (χ0v) is 18.7. The highest BCUT2D eigenvalue weighted by Gasteiger charge is 2.37. The molecule has 1 aliphatic heterocycles. The summed E-state index contributed by atoms with van der Waals surface area (Å²) in [6.45, 7) is 5.17. The maximum absolute atomic E-state index is 14.1. The van der Waals surface area contributed by atoms with Crippen LogP contribution in [0.2, 0.25) is 0 Å². The number of hydrogen-bond acceptors (Lipinski definition) is 5. The number of nitrogens with one attached hydrogen (secondary N) is 1. The molecule has 0 aliphatic carbocycles. The zero-order chi connectivity index (χ0) is 23.9. The number of carbonyl (C=O) groups is 1. The summed E-state index contributed by atoms with van der Waals surface area (Å²) >= 11 is 0. The fraction of sp³-hybridized carbons (Fsp3) is 0.360. The zero-order valence-electron chi connectivity index (χ0n) is 18.7. The first-order chi connectivity index (χ1) is 15.6. The van der Waals surface area contributed by atoms with Crippen molar-refractivity contribution in [1.82, 2.24) is 0 Å². The molecule has 6 nitrogen and oxygen atoms in total. The molecule has 0 spiro atoms. The van der Waals surface area contributed by atoms with Crippen LogP contribution >= 0.6 is 0 Å². The van der Waals surface area contributed by atoms with Crippen LogP contribution in [0.15, 0.2) is 45.6 Å².